The lowest BCUT2D eigenvalue weighted by Crippen LogP contribution is -2.32. The van der Waals surface area contributed by atoms with Crippen LogP contribution in [0.4, 0.5) is 0 Å². The SMILES string of the molecule is O=C(c1nnc(Cl)s1)N(Cc1ccccc1)C1CC1. The van der Waals surface area contributed by atoms with Crippen molar-refractivity contribution in [2.75, 3.05) is 0 Å². The van der Waals surface area contributed by atoms with Crippen molar-refractivity contribution < 1.29 is 4.79 Å². The van der Waals surface area contributed by atoms with Gasteiger partial charge in [-0.05, 0) is 30.0 Å². The fraction of sp³-hybridized carbons (Fsp3) is 0.308. The molecule has 19 heavy (non-hydrogen) atoms. The third-order valence-corrected chi connectivity index (χ3v) is 4.03. The molecule has 98 valence electrons. The van der Waals surface area contributed by atoms with Crippen LogP contribution in [0, 0.1) is 0 Å². The minimum absolute atomic E-state index is 0.0734. The summed E-state index contributed by atoms with van der Waals surface area (Å²) < 4.78 is 0.304. The summed E-state index contributed by atoms with van der Waals surface area (Å²) in [5, 5.41) is 7.90. The molecule has 1 aromatic carbocycles. The highest BCUT2D eigenvalue weighted by atomic mass is 35.5. The molecule has 4 nitrogen and oxygen atoms in total. The second-order valence-electron chi connectivity index (χ2n) is 4.51. The van der Waals surface area contributed by atoms with E-state index in [1.165, 1.54) is 0 Å². The molecular formula is C13H12ClN3OS. The predicted molar refractivity (Wildman–Crippen MR) is 74.3 cm³/mol. The molecule has 3 rings (SSSR count). The highest BCUT2D eigenvalue weighted by Crippen LogP contribution is 2.30. The van der Waals surface area contributed by atoms with Gasteiger partial charge in [-0.25, -0.2) is 0 Å². The number of rotatable bonds is 4. The van der Waals surface area contributed by atoms with E-state index >= 15 is 0 Å². The quantitative estimate of drug-likeness (QED) is 0.870. The van der Waals surface area contributed by atoms with Gasteiger partial charge < -0.3 is 4.90 Å². The maximum absolute atomic E-state index is 12.4. The van der Waals surface area contributed by atoms with Crippen LogP contribution in [-0.4, -0.2) is 27.0 Å². The zero-order valence-corrected chi connectivity index (χ0v) is 11.7. The van der Waals surface area contributed by atoms with Gasteiger partial charge >= 0.3 is 0 Å². The Bertz CT molecular complexity index is 583. The first-order chi connectivity index (χ1) is 9.24. The van der Waals surface area contributed by atoms with Crippen LogP contribution in [0.15, 0.2) is 30.3 Å². The standard InChI is InChI=1S/C13H12ClN3OS/c14-13-16-15-11(19-13)12(18)17(10-6-7-10)8-9-4-2-1-3-5-9/h1-5,10H,6-8H2. The number of benzene rings is 1. The van der Waals surface area contributed by atoms with E-state index in [-0.39, 0.29) is 5.91 Å². The first kappa shape index (κ1) is 12.6. The van der Waals surface area contributed by atoms with Crippen molar-refractivity contribution in [1.82, 2.24) is 15.1 Å². The minimum Gasteiger partial charge on any atom is -0.329 e. The van der Waals surface area contributed by atoms with Crippen LogP contribution in [0.2, 0.25) is 4.47 Å². The smallest absolute Gasteiger partial charge is 0.285 e. The van der Waals surface area contributed by atoms with E-state index in [9.17, 15) is 4.79 Å². The van der Waals surface area contributed by atoms with Crippen molar-refractivity contribution in [1.29, 1.82) is 0 Å². The molecule has 0 atom stereocenters. The molecule has 0 saturated heterocycles. The van der Waals surface area contributed by atoms with Crippen molar-refractivity contribution in [2.45, 2.75) is 25.4 Å². The third-order valence-electron chi connectivity index (χ3n) is 3.03. The van der Waals surface area contributed by atoms with E-state index in [1.807, 2.05) is 35.2 Å². The van der Waals surface area contributed by atoms with E-state index in [2.05, 4.69) is 10.2 Å². The van der Waals surface area contributed by atoms with Crippen LogP contribution in [0.25, 0.3) is 0 Å². The van der Waals surface area contributed by atoms with Gasteiger partial charge in [0.25, 0.3) is 5.91 Å². The van der Waals surface area contributed by atoms with Crippen LogP contribution < -0.4 is 0 Å². The topological polar surface area (TPSA) is 46.1 Å². The molecule has 1 aromatic heterocycles. The molecule has 0 unspecified atom stereocenters. The summed E-state index contributed by atoms with van der Waals surface area (Å²) >= 11 is 6.87. The number of hydrogen-bond donors (Lipinski definition) is 0. The maximum atomic E-state index is 12.4. The lowest BCUT2D eigenvalue weighted by Gasteiger charge is -2.21. The van der Waals surface area contributed by atoms with Gasteiger partial charge in [0.05, 0.1) is 0 Å². The van der Waals surface area contributed by atoms with Crippen molar-refractivity contribution in [3.8, 4) is 0 Å². The van der Waals surface area contributed by atoms with Crippen LogP contribution in [0.1, 0.15) is 28.2 Å². The lowest BCUT2D eigenvalue weighted by molar-refractivity contribution is 0.0728. The van der Waals surface area contributed by atoms with Crippen molar-refractivity contribution in [3.63, 3.8) is 0 Å². The van der Waals surface area contributed by atoms with Crippen molar-refractivity contribution in [3.05, 3.63) is 45.4 Å². The van der Waals surface area contributed by atoms with Gasteiger partial charge in [0, 0.05) is 12.6 Å². The molecule has 1 saturated carbocycles. The third kappa shape index (κ3) is 2.93. The van der Waals surface area contributed by atoms with Crippen molar-refractivity contribution >= 4 is 28.8 Å². The zero-order valence-electron chi connectivity index (χ0n) is 10.1. The Balaban J connectivity index is 1.79. The summed E-state index contributed by atoms with van der Waals surface area (Å²) in [5.41, 5.74) is 1.12. The largest absolute Gasteiger partial charge is 0.329 e. The maximum Gasteiger partial charge on any atom is 0.285 e. The Labute approximate surface area is 120 Å². The number of carbonyl (C=O) groups is 1. The van der Waals surface area contributed by atoms with Gasteiger partial charge in [0.1, 0.15) is 0 Å². The van der Waals surface area contributed by atoms with Crippen LogP contribution in [0.5, 0.6) is 0 Å². The highest BCUT2D eigenvalue weighted by molar-refractivity contribution is 7.17. The fourth-order valence-electron chi connectivity index (χ4n) is 1.95. The summed E-state index contributed by atoms with van der Waals surface area (Å²) in [7, 11) is 0. The number of amides is 1. The fourth-order valence-corrected chi connectivity index (χ4v) is 2.73. The van der Waals surface area contributed by atoms with Gasteiger partial charge in [-0.1, -0.05) is 41.7 Å². The second kappa shape index (κ2) is 5.27. The normalized spacial score (nSPS) is 14.4. The average Bonchev–Trinajstić information content (AvgIpc) is 3.18. The Morgan fingerprint density at radius 2 is 2.05 bits per heavy atom. The molecule has 2 aromatic rings. The molecule has 1 amide bonds. The van der Waals surface area contributed by atoms with Crippen LogP contribution in [0.3, 0.4) is 0 Å². The molecule has 0 radical (unpaired) electrons. The van der Waals surface area contributed by atoms with Gasteiger partial charge in [-0.3, -0.25) is 4.79 Å². The number of nitrogens with zero attached hydrogens (tertiary/aromatic N) is 3. The van der Waals surface area contributed by atoms with E-state index in [4.69, 9.17) is 11.6 Å². The molecule has 0 aliphatic heterocycles. The van der Waals surface area contributed by atoms with E-state index in [1.54, 1.807) is 0 Å². The van der Waals surface area contributed by atoms with Crippen LogP contribution in [-0.2, 0) is 6.54 Å². The Morgan fingerprint density at radius 1 is 1.32 bits per heavy atom. The first-order valence-electron chi connectivity index (χ1n) is 6.08. The van der Waals surface area contributed by atoms with Crippen molar-refractivity contribution in [2.24, 2.45) is 0 Å². The molecule has 1 aliphatic carbocycles. The predicted octanol–water partition coefficient (Wildman–Crippen LogP) is 3.00. The Morgan fingerprint density at radius 3 is 2.63 bits per heavy atom. The molecule has 0 N–H and O–H groups in total. The molecule has 6 heteroatoms. The number of halogens is 1. The summed E-state index contributed by atoms with van der Waals surface area (Å²) in [6.45, 7) is 0.613. The monoisotopic (exact) mass is 293 g/mol. The van der Waals surface area contributed by atoms with Gasteiger partial charge in [-0.15, -0.1) is 10.2 Å². The van der Waals surface area contributed by atoms with Gasteiger partial charge in [0.15, 0.2) is 0 Å². The zero-order chi connectivity index (χ0) is 13.2. The Kier molecular flexibility index (Phi) is 3.48. The van der Waals surface area contributed by atoms with E-state index in [0.717, 1.165) is 29.7 Å². The highest BCUT2D eigenvalue weighted by Gasteiger charge is 2.34. The molecule has 1 heterocycles. The van der Waals surface area contributed by atoms with E-state index < -0.39 is 0 Å². The van der Waals surface area contributed by atoms with E-state index in [0.29, 0.717) is 22.1 Å². The first-order valence-corrected chi connectivity index (χ1v) is 7.27. The number of aromatic nitrogens is 2. The number of carbonyl (C=O) groups excluding carboxylic acids is 1. The molecular weight excluding hydrogens is 282 g/mol. The lowest BCUT2D eigenvalue weighted by atomic mass is 10.2. The van der Waals surface area contributed by atoms with Gasteiger partial charge in [0.2, 0.25) is 9.47 Å². The Hall–Kier alpha value is -1.46. The average molecular weight is 294 g/mol. The molecule has 1 aliphatic rings. The molecule has 0 bridgehead atoms. The van der Waals surface area contributed by atoms with Gasteiger partial charge in [-0.2, -0.15) is 0 Å². The molecule has 1 fully saturated rings. The summed E-state index contributed by atoms with van der Waals surface area (Å²) in [5.74, 6) is -0.0734. The molecule has 0 spiro atoms. The summed E-state index contributed by atoms with van der Waals surface area (Å²) in [6, 6.07) is 10.3. The second-order valence-corrected chi connectivity index (χ2v) is 6.07. The minimum atomic E-state index is -0.0734. The summed E-state index contributed by atoms with van der Waals surface area (Å²) in [6.07, 6.45) is 2.12. The number of hydrogen-bond acceptors (Lipinski definition) is 4. The van der Waals surface area contributed by atoms with Crippen LogP contribution >= 0.6 is 22.9 Å². The summed E-state index contributed by atoms with van der Waals surface area (Å²) in [4.78, 5) is 14.3.